The lowest BCUT2D eigenvalue weighted by Gasteiger charge is -2.20. The molecule has 7 heteroatoms. The van der Waals surface area contributed by atoms with Crippen LogP contribution >= 0.6 is 11.8 Å². The molecule has 4 nitrogen and oxygen atoms in total. The van der Waals surface area contributed by atoms with Crippen LogP contribution in [0.3, 0.4) is 0 Å². The molecular weight excluding hydrogens is 298 g/mol. The van der Waals surface area contributed by atoms with Crippen molar-refractivity contribution in [1.29, 1.82) is 0 Å². The lowest BCUT2D eigenvalue weighted by Crippen LogP contribution is -2.23. The standard InChI is InChI=1S/C14H16F2N2O2S/c15-12-5-11(18(19)20)6-13(16)14(12)17-7-9-1-3-21-4-2-10(9)8-17/h5-6,9-10H,1-4,7-8H2. The first-order valence-electron chi connectivity index (χ1n) is 7.02. The lowest BCUT2D eigenvalue weighted by atomic mass is 9.92. The van der Waals surface area contributed by atoms with Gasteiger partial charge in [-0.15, -0.1) is 0 Å². The quantitative estimate of drug-likeness (QED) is 0.619. The molecule has 2 aliphatic rings. The van der Waals surface area contributed by atoms with Gasteiger partial charge >= 0.3 is 0 Å². The van der Waals surface area contributed by atoms with E-state index in [-0.39, 0.29) is 5.69 Å². The van der Waals surface area contributed by atoms with Crippen molar-refractivity contribution in [3.63, 3.8) is 0 Å². The number of nitrogens with zero attached hydrogens (tertiary/aromatic N) is 2. The van der Waals surface area contributed by atoms with Crippen molar-refractivity contribution in [2.45, 2.75) is 12.8 Å². The molecule has 2 unspecified atom stereocenters. The summed E-state index contributed by atoms with van der Waals surface area (Å²) in [6, 6.07) is 1.62. The van der Waals surface area contributed by atoms with Crippen LogP contribution in [0, 0.1) is 33.6 Å². The highest BCUT2D eigenvalue weighted by Crippen LogP contribution is 2.38. The summed E-state index contributed by atoms with van der Waals surface area (Å²) >= 11 is 1.94. The molecule has 0 radical (unpaired) electrons. The number of nitro benzene ring substituents is 1. The van der Waals surface area contributed by atoms with Gasteiger partial charge in [-0.3, -0.25) is 10.1 Å². The summed E-state index contributed by atoms with van der Waals surface area (Å²) in [5, 5.41) is 10.6. The number of hydrogen-bond donors (Lipinski definition) is 0. The van der Waals surface area contributed by atoms with Gasteiger partial charge in [-0.25, -0.2) is 8.78 Å². The van der Waals surface area contributed by atoms with E-state index in [0.29, 0.717) is 24.9 Å². The average molecular weight is 314 g/mol. The SMILES string of the molecule is O=[N+]([O-])c1cc(F)c(N2CC3CCSCCC3C2)c(F)c1. The summed E-state index contributed by atoms with van der Waals surface area (Å²) in [7, 11) is 0. The highest BCUT2D eigenvalue weighted by molar-refractivity contribution is 7.99. The van der Waals surface area contributed by atoms with E-state index in [1.54, 1.807) is 4.90 Å². The van der Waals surface area contributed by atoms with E-state index < -0.39 is 22.2 Å². The van der Waals surface area contributed by atoms with Crippen LogP contribution in [0.25, 0.3) is 0 Å². The molecule has 0 spiro atoms. The predicted octanol–water partition coefficient (Wildman–Crippen LogP) is 3.45. The van der Waals surface area contributed by atoms with Gasteiger partial charge in [0.05, 0.1) is 17.1 Å². The van der Waals surface area contributed by atoms with E-state index in [0.717, 1.165) is 36.5 Å². The smallest absolute Gasteiger partial charge is 0.275 e. The minimum atomic E-state index is -0.840. The molecule has 0 amide bonds. The second-order valence-electron chi connectivity index (χ2n) is 5.63. The molecule has 21 heavy (non-hydrogen) atoms. The van der Waals surface area contributed by atoms with Crippen LogP contribution < -0.4 is 4.90 Å². The van der Waals surface area contributed by atoms with Crippen LogP contribution in [-0.4, -0.2) is 29.5 Å². The highest BCUT2D eigenvalue weighted by atomic mass is 32.2. The number of hydrogen-bond acceptors (Lipinski definition) is 4. The largest absolute Gasteiger partial charge is 0.366 e. The number of benzene rings is 1. The fraction of sp³-hybridized carbons (Fsp3) is 0.571. The van der Waals surface area contributed by atoms with Gasteiger partial charge < -0.3 is 4.90 Å². The number of thioether (sulfide) groups is 1. The molecule has 2 aliphatic heterocycles. The van der Waals surface area contributed by atoms with Crippen molar-refractivity contribution >= 4 is 23.1 Å². The maximum Gasteiger partial charge on any atom is 0.275 e. The summed E-state index contributed by atoms with van der Waals surface area (Å²) in [6.45, 7) is 1.27. The van der Waals surface area contributed by atoms with Gasteiger partial charge in [0, 0.05) is 13.1 Å². The Bertz CT molecular complexity index is 533. The van der Waals surface area contributed by atoms with Crippen molar-refractivity contribution in [3.8, 4) is 0 Å². The molecular formula is C14H16F2N2O2S. The van der Waals surface area contributed by atoms with E-state index in [2.05, 4.69) is 0 Å². The second-order valence-corrected chi connectivity index (χ2v) is 6.85. The molecule has 0 bridgehead atoms. The van der Waals surface area contributed by atoms with Gasteiger partial charge in [-0.1, -0.05) is 0 Å². The predicted molar refractivity (Wildman–Crippen MR) is 78.8 cm³/mol. The van der Waals surface area contributed by atoms with Crippen LogP contribution in [-0.2, 0) is 0 Å². The zero-order chi connectivity index (χ0) is 15.0. The Morgan fingerprint density at radius 1 is 1.14 bits per heavy atom. The Labute approximate surface area is 125 Å². The van der Waals surface area contributed by atoms with Gasteiger partial charge in [0.2, 0.25) is 0 Å². The number of nitro groups is 1. The number of non-ortho nitro benzene ring substituents is 1. The molecule has 3 rings (SSSR count). The van der Waals surface area contributed by atoms with Gasteiger partial charge in [0.15, 0.2) is 11.6 Å². The zero-order valence-electron chi connectivity index (χ0n) is 11.4. The second kappa shape index (κ2) is 5.79. The fourth-order valence-corrected chi connectivity index (χ4v) is 4.45. The number of fused-ring (bicyclic) bond motifs is 1. The molecule has 2 fully saturated rings. The summed E-state index contributed by atoms with van der Waals surface area (Å²) < 4.78 is 28.2. The molecule has 0 N–H and O–H groups in total. The van der Waals surface area contributed by atoms with Crippen LogP contribution in [0.15, 0.2) is 12.1 Å². The molecule has 1 aromatic carbocycles. The third-order valence-electron chi connectivity index (χ3n) is 4.37. The molecule has 0 aliphatic carbocycles. The number of anilines is 1. The van der Waals surface area contributed by atoms with Crippen molar-refractivity contribution in [1.82, 2.24) is 0 Å². The van der Waals surface area contributed by atoms with Crippen molar-refractivity contribution in [2.75, 3.05) is 29.5 Å². The van der Waals surface area contributed by atoms with Crippen LogP contribution in [0.1, 0.15) is 12.8 Å². The Morgan fingerprint density at radius 2 is 1.67 bits per heavy atom. The highest BCUT2D eigenvalue weighted by Gasteiger charge is 2.36. The summed E-state index contributed by atoms with van der Waals surface area (Å²) in [4.78, 5) is 11.6. The molecule has 0 saturated carbocycles. The normalized spacial score (nSPS) is 25.5. The van der Waals surface area contributed by atoms with Gasteiger partial charge in [0.1, 0.15) is 5.69 Å². The van der Waals surface area contributed by atoms with E-state index in [1.165, 1.54) is 0 Å². The van der Waals surface area contributed by atoms with E-state index in [9.17, 15) is 18.9 Å². The zero-order valence-corrected chi connectivity index (χ0v) is 12.2. The first kappa shape index (κ1) is 14.6. The van der Waals surface area contributed by atoms with Crippen molar-refractivity contribution < 1.29 is 13.7 Å². The molecule has 1 aromatic rings. The van der Waals surface area contributed by atoms with Gasteiger partial charge in [0.25, 0.3) is 5.69 Å². The molecule has 2 saturated heterocycles. The Morgan fingerprint density at radius 3 is 2.14 bits per heavy atom. The molecule has 0 aromatic heterocycles. The Balaban J connectivity index is 1.86. The summed E-state index contributed by atoms with van der Waals surface area (Å²) in [6.07, 6.45) is 2.14. The molecule has 2 atom stereocenters. The Hall–Kier alpha value is -1.37. The first-order chi connectivity index (χ1) is 10.1. The third-order valence-corrected chi connectivity index (χ3v) is 5.42. The number of rotatable bonds is 2. The summed E-state index contributed by atoms with van der Waals surface area (Å²) in [5.74, 6) is 1.45. The van der Waals surface area contributed by atoms with E-state index in [4.69, 9.17) is 0 Å². The van der Waals surface area contributed by atoms with Gasteiger partial charge in [-0.2, -0.15) is 11.8 Å². The van der Waals surface area contributed by atoms with Gasteiger partial charge in [-0.05, 0) is 36.2 Å². The third kappa shape index (κ3) is 2.84. The van der Waals surface area contributed by atoms with Crippen molar-refractivity contribution in [2.24, 2.45) is 11.8 Å². The van der Waals surface area contributed by atoms with Crippen LogP contribution in [0.4, 0.5) is 20.2 Å². The Kier molecular flexibility index (Phi) is 4.01. The summed E-state index contributed by atoms with van der Waals surface area (Å²) in [5.41, 5.74) is -0.653. The maximum atomic E-state index is 14.1. The minimum Gasteiger partial charge on any atom is -0.366 e. The molecule has 114 valence electrons. The van der Waals surface area contributed by atoms with Crippen LogP contribution in [0.2, 0.25) is 0 Å². The maximum absolute atomic E-state index is 14.1. The first-order valence-corrected chi connectivity index (χ1v) is 8.18. The van der Waals surface area contributed by atoms with E-state index in [1.807, 2.05) is 11.8 Å². The van der Waals surface area contributed by atoms with E-state index >= 15 is 0 Å². The minimum absolute atomic E-state index is 0.110. The lowest BCUT2D eigenvalue weighted by molar-refractivity contribution is -0.385. The fourth-order valence-electron chi connectivity index (χ4n) is 3.31. The van der Waals surface area contributed by atoms with Crippen molar-refractivity contribution in [3.05, 3.63) is 33.9 Å². The molecule has 2 heterocycles. The number of halogens is 2. The average Bonchev–Trinajstić information content (AvgIpc) is 2.68. The van der Waals surface area contributed by atoms with Crippen LogP contribution in [0.5, 0.6) is 0 Å². The topological polar surface area (TPSA) is 46.4 Å². The monoisotopic (exact) mass is 314 g/mol.